The van der Waals surface area contributed by atoms with Gasteiger partial charge in [0.2, 0.25) is 11.8 Å². The van der Waals surface area contributed by atoms with Crippen LogP contribution in [0.4, 0.5) is 10.1 Å². The van der Waals surface area contributed by atoms with Crippen molar-refractivity contribution < 1.29 is 22.4 Å². The minimum absolute atomic E-state index is 0.0608. The van der Waals surface area contributed by atoms with E-state index in [2.05, 4.69) is 21.2 Å². The molecule has 0 aliphatic carbocycles. The molecular formula is C33H33BrFN3O4S. The maximum absolute atomic E-state index is 14.3. The van der Waals surface area contributed by atoms with Crippen LogP contribution in [-0.2, 0) is 32.6 Å². The van der Waals surface area contributed by atoms with Crippen molar-refractivity contribution in [3.8, 4) is 0 Å². The largest absolute Gasteiger partial charge is 0.355 e. The maximum Gasteiger partial charge on any atom is 0.264 e. The average Bonchev–Trinajstić information content (AvgIpc) is 2.99. The highest BCUT2D eigenvalue weighted by Gasteiger charge is 2.34. The van der Waals surface area contributed by atoms with E-state index < -0.39 is 34.3 Å². The molecule has 0 aliphatic rings. The second kappa shape index (κ2) is 14.4. The highest BCUT2D eigenvalue weighted by molar-refractivity contribution is 9.10. The summed E-state index contributed by atoms with van der Waals surface area (Å²) in [5, 5.41) is 2.84. The van der Waals surface area contributed by atoms with Crippen LogP contribution in [0, 0.1) is 12.7 Å². The third-order valence-electron chi connectivity index (χ3n) is 6.87. The van der Waals surface area contributed by atoms with Crippen molar-refractivity contribution in [2.75, 3.05) is 17.4 Å². The predicted octanol–water partition coefficient (Wildman–Crippen LogP) is 5.87. The molecule has 0 saturated carbocycles. The molecule has 2 amide bonds. The van der Waals surface area contributed by atoms with Crippen LogP contribution in [0.1, 0.15) is 23.6 Å². The molecule has 0 bridgehead atoms. The molecule has 0 aromatic heterocycles. The van der Waals surface area contributed by atoms with E-state index in [0.29, 0.717) is 6.54 Å². The summed E-state index contributed by atoms with van der Waals surface area (Å²) in [6.07, 6.45) is 0.224. The number of likely N-dealkylation sites (N-methyl/N-ethyl adjacent to an activating group) is 1. The van der Waals surface area contributed by atoms with E-state index in [1.165, 1.54) is 17.0 Å². The molecule has 4 aromatic rings. The van der Waals surface area contributed by atoms with E-state index in [9.17, 15) is 22.4 Å². The Morgan fingerprint density at radius 2 is 1.53 bits per heavy atom. The van der Waals surface area contributed by atoms with Crippen LogP contribution in [0.3, 0.4) is 0 Å². The summed E-state index contributed by atoms with van der Waals surface area (Å²) in [4.78, 5) is 29.1. The number of nitrogens with one attached hydrogen (secondary N) is 1. The Bertz CT molecular complexity index is 1650. The highest BCUT2D eigenvalue weighted by atomic mass is 79.9. The van der Waals surface area contributed by atoms with Gasteiger partial charge in [0.05, 0.1) is 10.6 Å². The fraction of sp³-hybridized carbons (Fsp3) is 0.212. The summed E-state index contributed by atoms with van der Waals surface area (Å²) in [6.45, 7) is 3.50. The Morgan fingerprint density at radius 1 is 0.884 bits per heavy atom. The minimum atomic E-state index is -4.30. The summed E-state index contributed by atoms with van der Waals surface area (Å²) in [6, 6.07) is 27.0. The summed E-state index contributed by atoms with van der Waals surface area (Å²) in [7, 11) is -4.30. The molecule has 4 aromatic carbocycles. The fourth-order valence-electron chi connectivity index (χ4n) is 4.65. The zero-order valence-corrected chi connectivity index (χ0v) is 26.3. The predicted molar refractivity (Wildman–Crippen MR) is 169 cm³/mol. The van der Waals surface area contributed by atoms with Crippen molar-refractivity contribution in [1.82, 2.24) is 10.2 Å². The summed E-state index contributed by atoms with van der Waals surface area (Å²) < 4.78 is 43.4. The first-order valence-corrected chi connectivity index (χ1v) is 16.0. The molecule has 7 nitrogen and oxygen atoms in total. The lowest BCUT2D eigenvalue weighted by atomic mass is 10.0. The van der Waals surface area contributed by atoms with Crippen molar-refractivity contribution in [1.29, 1.82) is 0 Å². The van der Waals surface area contributed by atoms with Crippen LogP contribution in [0.15, 0.2) is 112 Å². The van der Waals surface area contributed by atoms with E-state index >= 15 is 0 Å². The first kappa shape index (κ1) is 31.9. The van der Waals surface area contributed by atoms with Crippen LogP contribution < -0.4 is 9.62 Å². The molecule has 1 atom stereocenters. The van der Waals surface area contributed by atoms with Gasteiger partial charge in [-0.3, -0.25) is 13.9 Å². The molecule has 0 aliphatic heterocycles. The molecule has 0 heterocycles. The Balaban J connectivity index is 1.79. The van der Waals surface area contributed by atoms with Gasteiger partial charge in [-0.2, -0.15) is 0 Å². The molecule has 43 heavy (non-hydrogen) atoms. The first-order valence-electron chi connectivity index (χ1n) is 13.8. The number of nitrogens with zero attached hydrogens (tertiary/aromatic N) is 2. The van der Waals surface area contributed by atoms with Gasteiger partial charge in [0, 0.05) is 24.0 Å². The third-order valence-corrected chi connectivity index (χ3v) is 9.15. The average molecular weight is 667 g/mol. The van der Waals surface area contributed by atoms with Crippen LogP contribution >= 0.6 is 15.9 Å². The number of aryl methyl sites for hydroxylation is 1. The molecule has 1 N–H and O–H groups in total. The fourth-order valence-corrected chi connectivity index (χ4v) is 6.51. The second-order valence-electron chi connectivity index (χ2n) is 10.1. The molecule has 0 unspecified atom stereocenters. The first-order chi connectivity index (χ1) is 20.6. The Labute approximate surface area is 260 Å². The van der Waals surface area contributed by atoms with E-state index in [1.807, 2.05) is 61.5 Å². The number of sulfonamides is 1. The monoisotopic (exact) mass is 665 g/mol. The summed E-state index contributed by atoms with van der Waals surface area (Å²) in [5.74, 6) is -1.50. The van der Waals surface area contributed by atoms with Crippen molar-refractivity contribution in [3.63, 3.8) is 0 Å². The Morgan fingerprint density at radius 3 is 2.16 bits per heavy atom. The number of hydrogen-bond acceptors (Lipinski definition) is 4. The van der Waals surface area contributed by atoms with Gasteiger partial charge in [-0.15, -0.1) is 0 Å². The molecule has 4 rings (SSSR count). The lowest BCUT2D eigenvalue weighted by Crippen LogP contribution is -2.53. The standard InChI is InChI=1S/C33H33BrFN3O4S/c1-3-36-33(40)31(21-25-8-5-4-6-9-25)37(22-26-10-7-11-27(34)20-26)32(39)23-38(29-16-12-24(2)13-17-29)43(41,42)30-18-14-28(35)15-19-30/h4-20,31H,3,21-23H2,1-2H3,(H,36,40)/t31-/m0/s1. The number of hydrogen-bond donors (Lipinski definition) is 1. The number of amides is 2. The van der Waals surface area contributed by atoms with Crippen LogP contribution in [0.2, 0.25) is 0 Å². The number of carbonyl (C=O) groups excluding carboxylic acids is 2. The Hall–Kier alpha value is -4.02. The smallest absolute Gasteiger partial charge is 0.264 e. The normalized spacial score (nSPS) is 11.9. The number of benzene rings is 4. The lowest BCUT2D eigenvalue weighted by Gasteiger charge is -2.34. The van der Waals surface area contributed by atoms with Gasteiger partial charge < -0.3 is 10.2 Å². The van der Waals surface area contributed by atoms with Gasteiger partial charge in [-0.05, 0) is 73.5 Å². The van der Waals surface area contributed by atoms with E-state index in [1.54, 1.807) is 31.2 Å². The van der Waals surface area contributed by atoms with Crippen molar-refractivity contribution in [3.05, 3.63) is 130 Å². The molecule has 0 saturated heterocycles. The van der Waals surface area contributed by atoms with Gasteiger partial charge in [0.25, 0.3) is 10.0 Å². The quantitative estimate of drug-likeness (QED) is 0.205. The van der Waals surface area contributed by atoms with Crippen LogP contribution in [-0.4, -0.2) is 44.3 Å². The molecular weight excluding hydrogens is 633 g/mol. The number of rotatable bonds is 12. The summed E-state index contributed by atoms with van der Waals surface area (Å²) >= 11 is 3.47. The molecule has 0 spiro atoms. The van der Waals surface area contributed by atoms with E-state index in [-0.39, 0.29) is 29.5 Å². The van der Waals surface area contributed by atoms with E-state index in [0.717, 1.165) is 37.6 Å². The number of halogens is 2. The Kier molecular flexibility index (Phi) is 10.7. The zero-order valence-electron chi connectivity index (χ0n) is 23.9. The van der Waals surface area contributed by atoms with Gasteiger partial charge >= 0.3 is 0 Å². The van der Waals surface area contributed by atoms with Crippen LogP contribution in [0.25, 0.3) is 0 Å². The molecule has 224 valence electrons. The van der Waals surface area contributed by atoms with Gasteiger partial charge in [0.15, 0.2) is 0 Å². The van der Waals surface area contributed by atoms with Gasteiger partial charge in [-0.25, -0.2) is 12.8 Å². The lowest BCUT2D eigenvalue weighted by molar-refractivity contribution is -0.140. The maximum atomic E-state index is 14.3. The van der Waals surface area contributed by atoms with Crippen molar-refractivity contribution >= 4 is 43.5 Å². The van der Waals surface area contributed by atoms with E-state index in [4.69, 9.17) is 0 Å². The number of anilines is 1. The van der Waals surface area contributed by atoms with Gasteiger partial charge in [-0.1, -0.05) is 76.1 Å². The SMILES string of the molecule is CCNC(=O)[C@H](Cc1ccccc1)N(Cc1cccc(Br)c1)C(=O)CN(c1ccc(C)cc1)S(=O)(=O)c1ccc(F)cc1. The highest BCUT2D eigenvalue weighted by Crippen LogP contribution is 2.26. The topological polar surface area (TPSA) is 86.8 Å². The third kappa shape index (κ3) is 8.30. The van der Waals surface area contributed by atoms with Crippen molar-refractivity contribution in [2.24, 2.45) is 0 Å². The zero-order chi connectivity index (χ0) is 31.0. The number of carbonyl (C=O) groups is 2. The molecule has 10 heteroatoms. The summed E-state index contributed by atoms with van der Waals surface area (Å²) in [5.41, 5.74) is 2.78. The molecule has 0 fully saturated rings. The molecule has 0 radical (unpaired) electrons. The van der Waals surface area contributed by atoms with Crippen molar-refractivity contribution in [2.45, 2.75) is 37.8 Å². The minimum Gasteiger partial charge on any atom is -0.355 e. The van der Waals surface area contributed by atoms with Gasteiger partial charge in [0.1, 0.15) is 18.4 Å². The second-order valence-corrected chi connectivity index (χ2v) is 12.8. The van der Waals surface area contributed by atoms with Crippen LogP contribution in [0.5, 0.6) is 0 Å².